The summed E-state index contributed by atoms with van der Waals surface area (Å²) in [4.78, 5) is 0. The van der Waals surface area contributed by atoms with Crippen LogP contribution in [0.2, 0.25) is 0 Å². The largest absolute Gasteiger partial charge is 0.400 e. The summed E-state index contributed by atoms with van der Waals surface area (Å²) < 4.78 is 3.13. The van der Waals surface area contributed by atoms with E-state index in [0.29, 0.717) is 0 Å². The molecule has 2 N–H and O–H groups in total. The Hall–Kier alpha value is 0.270. The van der Waals surface area contributed by atoms with Crippen molar-refractivity contribution in [2.24, 2.45) is 5.92 Å². The van der Waals surface area contributed by atoms with E-state index in [4.69, 9.17) is 5.11 Å². The van der Waals surface area contributed by atoms with Crippen molar-refractivity contribution < 1.29 is 5.11 Å². The maximum atomic E-state index is 7.00. The summed E-state index contributed by atoms with van der Waals surface area (Å²) in [6, 6.07) is 0. The summed E-state index contributed by atoms with van der Waals surface area (Å²) in [5.41, 5.74) is 0. The predicted octanol–water partition coefficient (Wildman–Crippen LogP) is 2.04. The molecular weight excluding hydrogens is 170 g/mol. The normalized spacial score (nSPS) is 18.2. The van der Waals surface area contributed by atoms with Crippen LogP contribution in [0.4, 0.5) is 0 Å². The van der Waals surface area contributed by atoms with E-state index in [1.54, 1.807) is 0 Å². The molecule has 0 spiro atoms. The number of nitrogens with one attached hydrogen (secondary N) is 1. The molecule has 0 unspecified atom stereocenters. The lowest BCUT2D eigenvalue weighted by Gasteiger charge is -2.20. The average Bonchev–Trinajstić information content (AvgIpc) is 2.19. The molecule has 1 rings (SSSR count). The fourth-order valence-electron chi connectivity index (χ4n) is 1.55. The number of aliphatic hydroxyl groups is 1. The van der Waals surface area contributed by atoms with Crippen LogP contribution in [-0.4, -0.2) is 25.0 Å². The van der Waals surface area contributed by atoms with Crippen molar-refractivity contribution in [3.8, 4) is 0 Å². The van der Waals surface area contributed by atoms with Gasteiger partial charge in [-0.2, -0.15) is 0 Å². The third-order valence-electron chi connectivity index (χ3n) is 2.19. The molecule has 0 aromatic carbocycles. The summed E-state index contributed by atoms with van der Waals surface area (Å²) >= 11 is 1.86. The van der Waals surface area contributed by atoms with Gasteiger partial charge in [0.2, 0.25) is 0 Å². The third-order valence-corrected chi connectivity index (χ3v) is 3.11. The maximum Gasteiger partial charge on any atom is 0.0319 e. The molecule has 12 heavy (non-hydrogen) atoms. The Bertz CT molecular complexity index is 84.6. The lowest BCUT2D eigenvalue weighted by Crippen LogP contribution is -2.10. The Morgan fingerprint density at radius 2 is 1.83 bits per heavy atom. The van der Waals surface area contributed by atoms with Crippen molar-refractivity contribution in [1.82, 2.24) is 4.72 Å². The molecule has 0 radical (unpaired) electrons. The van der Waals surface area contributed by atoms with Gasteiger partial charge in [-0.3, -0.25) is 4.72 Å². The lowest BCUT2D eigenvalue weighted by atomic mass is 9.91. The lowest BCUT2D eigenvalue weighted by molar-refractivity contribution is 0.390. The molecule has 0 aliphatic heterocycles. The van der Waals surface area contributed by atoms with Crippen molar-refractivity contribution in [1.29, 1.82) is 0 Å². The number of hydrogen-bond donors (Lipinski definition) is 2. The van der Waals surface area contributed by atoms with Crippen LogP contribution in [0.5, 0.6) is 0 Å². The van der Waals surface area contributed by atoms with Gasteiger partial charge in [0.25, 0.3) is 0 Å². The third kappa shape index (κ3) is 5.86. The monoisotopic (exact) mass is 191 g/mol. The van der Waals surface area contributed by atoms with Crippen molar-refractivity contribution in [2.45, 2.75) is 32.1 Å². The molecule has 0 heterocycles. The first-order chi connectivity index (χ1) is 5.93. The molecule has 0 atom stereocenters. The smallest absolute Gasteiger partial charge is 0.0319 e. The Morgan fingerprint density at radius 1 is 1.25 bits per heavy atom. The van der Waals surface area contributed by atoms with E-state index in [1.165, 1.54) is 37.9 Å². The Kier molecular flexibility index (Phi) is 9.57. The highest BCUT2D eigenvalue weighted by molar-refractivity contribution is 7.97. The van der Waals surface area contributed by atoms with E-state index in [0.717, 1.165) is 13.0 Å². The van der Waals surface area contributed by atoms with Gasteiger partial charge in [-0.05, 0) is 25.8 Å². The van der Waals surface area contributed by atoms with Gasteiger partial charge >= 0.3 is 0 Å². The fraction of sp³-hybridized carbons (Fsp3) is 1.00. The van der Waals surface area contributed by atoms with Gasteiger partial charge in [0.1, 0.15) is 0 Å². The van der Waals surface area contributed by atoms with Crippen LogP contribution in [0.1, 0.15) is 32.1 Å². The molecule has 0 saturated heterocycles. The zero-order valence-corrected chi connectivity index (χ0v) is 8.99. The van der Waals surface area contributed by atoms with Gasteiger partial charge in [-0.1, -0.05) is 31.2 Å². The van der Waals surface area contributed by atoms with E-state index in [1.807, 2.05) is 19.0 Å². The van der Waals surface area contributed by atoms with Crippen LogP contribution in [-0.2, 0) is 0 Å². The second-order valence-corrected chi connectivity index (χ2v) is 4.05. The first-order valence-corrected chi connectivity index (χ1v) is 5.65. The second kappa shape index (κ2) is 9.36. The van der Waals surface area contributed by atoms with Gasteiger partial charge in [0, 0.05) is 12.9 Å². The highest BCUT2D eigenvalue weighted by atomic mass is 32.2. The van der Waals surface area contributed by atoms with Crippen LogP contribution in [0, 0.1) is 5.92 Å². The molecule has 1 aliphatic carbocycles. The Morgan fingerprint density at radius 3 is 2.33 bits per heavy atom. The van der Waals surface area contributed by atoms with Crippen molar-refractivity contribution in [2.75, 3.05) is 19.9 Å². The number of hydrogen-bond acceptors (Lipinski definition) is 3. The van der Waals surface area contributed by atoms with E-state index in [-0.39, 0.29) is 0 Å². The van der Waals surface area contributed by atoms with Crippen LogP contribution >= 0.6 is 11.9 Å². The van der Waals surface area contributed by atoms with Crippen LogP contribution in [0.3, 0.4) is 0 Å². The van der Waals surface area contributed by atoms with E-state index >= 15 is 0 Å². The summed E-state index contributed by atoms with van der Waals surface area (Å²) in [6.07, 6.45) is 7.34. The molecule has 1 fully saturated rings. The fourth-order valence-corrected chi connectivity index (χ4v) is 2.29. The summed E-state index contributed by atoms with van der Waals surface area (Å²) in [5, 5.41) is 7.00. The first-order valence-electron chi connectivity index (χ1n) is 4.66. The Balaban J connectivity index is 0.000000561. The zero-order valence-electron chi connectivity index (χ0n) is 8.18. The van der Waals surface area contributed by atoms with Gasteiger partial charge in [0.05, 0.1) is 0 Å². The summed E-state index contributed by atoms with van der Waals surface area (Å²) in [6.45, 7) is 0. The van der Waals surface area contributed by atoms with Gasteiger partial charge in [-0.25, -0.2) is 0 Å². The van der Waals surface area contributed by atoms with Crippen molar-refractivity contribution in [3.05, 3.63) is 0 Å². The predicted molar refractivity (Wildman–Crippen MR) is 56.2 cm³/mol. The van der Waals surface area contributed by atoms with Crippen LogP contribution in [0.25, 0.3) is 0 Å². The highest BCUT2D eigenvalue weighted by Gasteiger charge is 2.12. The Labute approximate surface area is 80.3 Å². The maximum absolute atomic E-state index is 7.00. The van der Waals surface area contributed by atoms with Crippen LogP contribution in [0.15, 0.2) is 0 Å². The summed E-state index contributed by atoms with van der Waals surface area (Å²) in [7, 11) is 3.01. The van der Waals surface area contributed by atoms with Crippen LogP contribution < -0.4 is 4.72 Å². The van der Waals surface area contributed by atoms with Gasteiger partial charge in [0.15, 0.2) is 0 Å². The molecule has 0 aromatic heterocycles. The second-order valence-electron chi connectivity index (χ2n) is 3.02. The molecule has 3 heteroatoms. The quantitative estimate of drug-likeness (QED) is 0.670. The van der Waals surface area contributed by atoms with E-state index in [2.05, 4.69) is 4.72 Å². The average molecular weight is 191 g/mol. The van der Waals surface area contributed by atoms with Crippen molar-refractivity contribution >= 4 is 11.9 Å². The van der Waals surface area contributed by atoms with Gasteiger partial charge in [-0.15, -0.1) is 0 Å². The molecule has 1 aliphatic rings. The zero-order chi connectivity index (χ0) is 9.23. The molecule has 74 valence electrons. The van der Waals surface area contributed by atoms with Crippen molar-refractivity contribution in [3.63, 3.8) is 0 Å². The molecule has 0 amide bonds. The van der Waals surface area contributed by atoms with E-state index in [9.17, 15) is 0 Å². The topological polar surface area (TPSA) is 32.3 Å². The minimum Gasteiger partial charge on any atom is -0.400 e. The standard InChI is InChI=1S/C8H17NS.CH4O/c1-9-10-7-8-5-3-2-4-6-8;1-2/h8-9H,2-7H2,1H3;2H,1H3. The van der Waals surface area contributed by atoms with Gasteiger partial charge < -0.3 is 5.11 Å². The molecule has 0 aromatic rings. The number of aliphatic hydroxyl groups excluding tert-OH is 1. The number of rotatable bonds is 3. The summed E-state index contributed by atoms with van der Waals surface area (Å²) in [5.74, 6) is 2.32. The molecular formula is C9H21NOS. The molecule has 1 saturated carbocycles. The molecule has 2 nitrogen and oxygen atoms in total. The SMILES string of the molecule is CNSCC1CCCCC1.CO. The molecule has 0 bridgehead atoms. The minimum atomic E-state index is 1.00. The van der Waals surface area contributed by atoms with E-state index < -0.39 is 0 Å². The minimum absolute atomic E-state index is 1.00. The highest BCUT2D eigenvalue weighted by Crippen LogP contribution is 2.25. The first kappa shape index (κ1) is 12.3.